The van der Waals surface area contributed by atoms with Crippen LogP contribution in [0.4, 0.5) is 0 Å². The molecule has 0 atom stereocenters. The van der Waals surface area contributed by atoms with E-state index in [-0.39, 0.29) is 5.54 Å². The normalized spacial score (nSPS) is 34.8. The topological polar surface area (TPSA) is 46.2 Å². The van der Waals surface area contributed by atoms with Gasteiger partial charge in [-0.1, -0.05) is 30.3 Å². The Bertz CT molecular complexity index is 867. The highest BCUT2D eigenvalue weighted by molar-refractivity contribution is 7.89. The summed E-state index contributed by atoms with van der Waals surface area (Å²) in [5.41, 5.74) is -0.181. The molecule has 4 fully saturated rings. The van der Waals surface area contributed by atoms with E-state index >= 15 is 0 Å². The Labute approximate surface area is 143 Å². The molecule has 4 bridgehead atoms. The Balaban J connectivity index is 1.49. The van der Waals surface area contributed by atoms with Gasteiger partial charge in [0.2, 0.25) is 10.0 Å². The number of hydrogen-bond acceptors (Lipinski definition) is 2. The Morgan fingerprint density at radius 3 is 2.04 bits per heavy atom. The molecular weight excluding hydrogens is 318 g/mol. The molecule has 0 saturated heterocycles. The number of hydrogen-bond donors (Lipinski definition) is 1. The largest absolute Gasteiger partial charge is 0.241 e. The lowest BCUT2D eigenvalue weighted by Gasteiger charge is -2.56. The van der Waals surface area contributed by atoms with Crippen molar-refractivity contribution < 1.29 is 8.42 Å². The quantitative estimate of drug-likeness (QED) is 0.914. The lowest BCUT2D eigenvalue weighted by Crippen LogP contribution is -2.59. The van der Waals surface area contributed by atoms with Crippen LogP contribution in [0.5, 0.6) is 0 Å². The van der Waals surface area contributed by atoms with Gasteiger partial charge in [-0.15, -0.1) is 0 Å². The third kappa shape index (κ3) is 2.39. The molecule has 0 unspecified atom stereocenters. The van der Waals surface area contributed by atoms with E-state index in [4.69, 9.17) is 0 Å². The fraction of sp³-hybridized carbons (Fsp3) is 0.500. The van der Waals surface area contributed by atoms with E-state index in [1.54, 1.807) is 12.1 Å². The molecule has 126 valence electrons. The summed E-state index contributed by atoms with van der Waals surface area (Å²) in [4.78, 5) is 0.400. The summed E-state index contributed by atoms with van der Waals surface area (Å²) >= 11 is 0. The van der Waals surface area contributed by atoms with Crippen LogP contribution in [0.25, 0.3) is 10.8 Å². The minimum atomic E-state index is -3.46. The van der Waals surface area contributed by atoms with Crippen LogP contribution in [-0.4, -0.2) is 14.0 Å². The first-order chi connectivity index (χ1) is 11.5. The molecule has 4 aliphatic rings. The Hall–Kier alpha value is -1.39. The van der Waals surface area contributed by atoms with Crippen LogP contribution in [0, 0.1) is 17.8 Å². The zero-order valence-electron chi connectivity index (χ0n) is 13.7. The summed E-state index contributed by atoms with van der Waals surface area (Å²) in [7, 11) is -3.46. The maximum absolute atomic E-state index is 13.0. The van der Waals surface area contributed by atoms with Crippen LogP contribution < -0.4 is 4.72 Å². The zero-order chi connectivity index (χ0) is 16.4. The molecule has 24 heavy (non-hydrogen) atoms. The van der Waals surface area contributed by atoms with Gasteiger partial charge in [0, 0.05) is 5.54 Å². The van der Waals surface area contributed by atoms with E-state index in [1.807, 2.05) is 30.3 Å². The zero-order valence-corrected chi connectivity index (χ0v) is 14.6. The molecule has 4 heteroatoms. The monoisotopic (exact) mass is 341 g/mol. The average Bonchev–Trinajstić information content (AvgIpc) is 2.52. The molecule has 0 amide bonds. The molecular formula is C20H23NO2S. The summed E-state index contributed by atoms with van der Waals surface area (Å²) in [5.74, 6) is 2.20. The molecule has 2 aromatic rings. The van der Waals surface area contributed by atoms with Gasteiger partial charge in [-0.05, 0) is 79.2 Å². The fourth-order valence-electron chi connectivity index (χ4n) is 5.91. The van der Waals surface area contributed by atoms with Crippen LogP contribution in [0.3, 0.4) is 0 Å². The third-order valence-electron chi connectivity index (χ3n) is 6.42. The van der Waals surface area contributed by atoms with Crippen molar-refractivity contribution in [3.63, 3.8) is 0 Å². The minimum Gasteiger partial charge on any atom is -0.207 e. The number of fused-ring (bicyclic) bond motifs is 1. The van der Waals surface area contributed by atoms with Crippen LogP contribution in [-0.2, 0) is 10.0 Å². The van der Waals surface area contributed by atoms with Crippen molar-refractivity contribution in [1.82, 2.24) is 4.72 Å². The van der Waals surface area contributed by atoms with Crippen molar-refractivity contribution in [2.75, 3.05) is 0 Å². The van der Waals surface area contributed by atoms with E-state index in [1.165, 1.54) is 19.3 Å². The summed E-state index contributed by atoms with van der Waals surface area (Å²) in [6, 6.07) is 13.4. The third-order valence-corrected chi connectivity index (χ3v) is 8.00. The Kier molecular flexibility index (Phi) is 3.14. The summed E-state index contributed by atoms with van der Waals surface area (Å²) < 4.78 is 29.3. The van der Waals surface area contributed by atoms with Gasteiger partial charge in [-0.25, -0.2) is 13.1 Å². The van der Waals surface area contributed by atoms with Gasteiger partial charge in [-0.3, -0.25) is 0 Å². The van der Waals surface area contributed by atoms with Gasteiger partial charge in [0.25, 0.3) is 0 Å². The molecule has 6 rings (SSSR count). The van der Waals surface area contributed by atoms with Crippen LogP contribution in [0.1, 0.15) is 38.5 Å². The number of benzene rings is 2. The van der Waals surface area contributed by atoms with Gasteiger partial charge in [0.15, 0.2) is 0 Å². The van der Waals surface area contributed by atoms with E-state index in [0.29, 0.717) is 4.90 Å². The highest BCUT2D eigenvalue weighted by Gasteiger charge is 2.52. The second-order valence-electron chi connectivity index (χ2n) is 8.31. The molecule has 0 spiro atoms. The lowest BCUT2D eigenvalue weighted by molar-refractivity contribution is -0.00810. The molecule has 0 aliphatic heterocycles. The van der Waals surface area contributed by atoms with E-state index in [0.717, 1.165) is 47.8 Å². The van der Waals surface area contributed by atoms with Crippen molar-refractivity contribution in [2.45, 2.75) is 49.0 Å². The standard InChI is InChI=1S/C20H23NO2S/c22-24(23,19-6-5-17-3-1-2-4-18(17)10-19)21-20-11-14-7-15(12-20)9-16(8-14)13-20/h1-6,10,14-16,21H,7-9,11-13H2. The Morgan fingerprint density at radius 2 is 1.42 bits per heavy atom. The molecule has 1 N–H and O–H groups in total. The van der Waals surface area contributed by atoms with Crippen molar-refractivity contribution in [3.05, 3.63) is 42.5 Å². The molecule has 0 heterocycles. The van der Waals surface area contributed by atoms with Crippen LogP contribution in [0.2, 0.25) is 0 Å². The highest BCUT2D eigenvalue weighted by atomic mass is 32.2. The predicted molar refractivity (Wildman–Crippen MR) is 95.2 cm³/mol. The van der Waals surface area contributed by atoms with E-state index < -0.39 is 10.0 Å². The van der Waals surface area contributed by atoms with Crippen molar-refractivity contribution in [2.24, 2.45) is 17.8 Å². The first-order valence-electron chi connectivity index (χ1n) is 9.04. The van der Waals surface area contributed by atoms with Crippen molar-refractivity contribution >= 4 is 20.8 Å². The van der Waals surface area contributed by atoms with Crippen LogP contribution in [0.15, 0.2) is 47.4 Å². The average molecular weight is 341 g/mol. The van der Waals surface area contributed by atoms with Crippen LogP contribution >= 0.6 is 0 Å². The highest BCUT2D eigenvalue weighted by Crippen LogP contribution is 2.55. The van der Waals surface area contributed by atoms with Crippen molar-refractivity contribution in [1.29, 1.82) is 0 Å². The number of rotatable bonds is 3. The van der Waals surface area contributed by atoms with Gasteiger partial charge in [0.1, 0.15) is 0 Å². The first kappa shape index (κ1) is 14.9. The smallest absolute Gasteiger partial charge is 0.207 e. The van der Waals surface area contributed by atoms with Gasteiger partial charge < -0.3 is 0 Å². The molecule has 2 aromatic carbocycles. The van der Waals surface area contributed by atoms with Gasteiger partial charge in [0.05, 0.1) is 4.90 Å². The summed E-state index contributed by atoms with van der Waals surface area (Å²) in [6.07, 6.45) is 7.05. The summed E-state index contributed by atoms with van der Waals surface area (Å²) in [5, 5.41) is 2.05. The Morgan fingerprint density at radius 1 is 0.833 bits per heavy atom. The fourth-order valence-corrected chi connectivity index (χ4v) is 7.38. The maximum atomic E-state index is 13.0. The minimum absolute atomic E-state index is 0.181. The lowest BCUT2D eigenvalue weighted by atomic mass is 9.53. The van der Waals surface area contributed by atoms with E-state index in [2.05, 4.69) is 4.72 Å². The number of sulfonamides is 1. The molecule has 4 aliphatic carbocycles. The summed E-state index contributed by atoms with van der Waals surface area (Å²) in [6.45, 7) is 0. The van der Waals surface area contributed by atoms with Gasteiger partial charge in [-0.2, -0.15) is 0 Å². The maximum Gasteiger partial charge on any atom is 0.241 e. The van der Waals surface area contributed by atoms with E-state index in [9.17, 15) is 8.42 Å². The SMILES string of the molecule is O=S(=O)(NC12CC3CC(CC(C3)C1)C2)c1ccc2ccccc2c1. The molecule has 4 saturated carbocycles. The molecule has 0 aromatic heterocycles. The molecule has 3 nitrogen and oxygen atoms in total. The predicted octanol–water partition coefficient (Wildman–Crippen LogP) is 4.09. The second-order valence-corrected chi connectivity index (χ2v) is 9.99. The molecule has 0 radical (unpaired) electrons. The van der Waals surface area contributed by atoms with Crippen molar-refractivity contribution in [3.8, 4) is 0 Å². The van der Waals surface area contributed by atoms with Gasteiger partial charge >= 0.3 is 0 Å². The first-order valence-corrected chi connectivity index (χ1v) is 10.5. The second kappa shape index (κ2) is 5.06. The number of nitrogens with one attached hydrogen (secondary N) is 1.